The number of ether oxygens (including phenoxy) is 2. The summed E-state index contributed by atoms with van der Waals surface area (Å²) in [6.45, 7) is 4.44. The zero-order valence-corrected chi connectivity index (χ0v) is 21.4. The molecule has 1 saturated heterocycles. The third-order valence-corrected chi connectivity index (χ3v) is 7.37. The van der Waals surface area contributed by atoms with E-state index in [0.717, 1.165) is 30.3 Å². The number of para-hydroxylation sites is 2. The van der Waals surface area contributed by atoms with Crippen LogP contribution in [-0.2, 0) is 16.1 Å². The Balaban J connectivity index is 1.49. The van der Waals surface area contributed by atoms with Crippen LogP contribution in [0.1, 0.15) is 33.1 Å². The molecule has 2 aromatic carbocycles. The average molecular weight is 497 g/mol. The molecule has 1 aliphatic heterocycles. The first-order valence-corrected chi connectivity index (χ1v) is 12.8. The molecule has 4 rings (SSSR count). The van der Waals surface area contributed by atoms with Crippen LogP contribution in [0.2, 0.25) is 0 Å². The number of fused-ring (bicyclic) bond motifs is 1. The Morgan fingerprint density at radius 1 is 1.06 bits per heavy atom. The highest BCUT2D eigenvalue weighted by Gasteiger charge is 2.29. The topological polar surface area (TPSA) is 85.7 Å². The van der Waals surface area contributed by atoms with Crippen molar-refractivity contribution in [1.29, 1.82) is 0 Å². The van der Waals surface area contributed by atoms with Crippen LogP contribution in [0, 0.1) is 0 Å². The van der Waals surface area contributed by atoms with Gasteiger partial charge in [0, 0.05) is 23.8 Å². The van der Waals surface area contributed by atoms with Gasteiger partial charge in [-0.1, -0.05) is 23.9 Å². The second-order valence-electron chi connectivity index (χ2n) is 8.81. The maximum Gasteiger partial charge on any atom is 0.243 e. The molecule has 0 bridgehead atoms. The lowest BCUT2D eigenvalue weighted by Gasteiger charge is -2.39. The molecule has 0 aliphatic carbocycles. The molecule has 1 N–H and O–H groups in total. The Hall–Kier alpha value is -3.20. The van der Waals surface area contributed by atoms with E-state index >= 15 is 0 Å². The fourth-order valence-electron chi connectivity index (χ4n) is 4.69. The zero-order valence-electron chi connectivity index (χ0n) is 20.6. The lowest BCUT2D eigenvalue weighted by atomic mass is 9.97. The van der Waals surface area contributed by atoms with Gasteiger partial charge in [0.25, 0.3) is 0 Å². The number of hydrogen-bond acceptors (Lipinski definition) is 6. The quantitative estimate of drug-likeness (QED) is 0.460. The number of aromatic nitrogens is 2. The van der Waals surface area contributed by atoms with Crippen molar-refractivity contribution >= 4 is 40.3 Å². The van der Waals surface area contributed by atoms with Crippen molar-refractivity contribution in [3.05, 3.63) is 42.5 Å². The number of carbonyl (C=O) groups excluding carboxylic acids is 2. The maximum absolute atomic E-state index is 13.3. The highest BCUT2D eigenvalue weighted by atomic mass is 32.2. The molecule has 2 amide bonds. The molecule has 1 fully saturated rings. The first kappa shape index (κ1) is 24.9. The molecule has 0 saturated carbocycles. The fourth-order valence-corrected chi connectivity index (χ4v) is 5.50. The van der Waals surface area contributed by atoms with E-state index < -0.39 is 0 Å². The SMILES string of the molecule is COc1ccc(NC(=O)CSc2nc3ccccc3n2CC(=O)N2[C@H](C)CCC[C@@H]2C)cc1OC. The van der Waals surface area contributed by atoms with Gasteiger partial charge in [-0.2, -0.15) is 0 Å². The van der Waals surface area contributed by atoms with E-state index in [1.807, 2.05) is 33.7 Å². The predicted octanol–water partition coefficient (Wildman–Crippen LogP) is 4.57. The molecule has 1 aromatic heterocycles. The lowest BCUT2D eigenvalue weighted by Crippen LogP contribution is -2.48. The maximum atomic E-state index is 13.3. The third kappa shape index (κ3) is 5.56. The number of amides is 2. The summed E-state index contributed by atoms with van der Waals surface area (Å²) in [5.74, 6) is 1.20. The molecule has 1 aliphatic rings. The van der Waals surface area contributed by atoms with Gasteiger partial charge >= 0.3 is 0 Å². The molecule has 2 heterocycles. The fraction of sp³-hybridized carbons (Fsp3) is 0.423. The first-order valence-electron chi connectivity index (χ1n) is 11.8. The number of rotatable bonds is 8. The molecule has 3 aromatic rings. The number of imidazole rings is 1. The molecule has 9 heteroatoms. The number of carbonyl (C=O) groups is 2. The Bertz CT molecular complexity index is 1200. The van der Waals surface area contributed by atoms with Gasteiger partial charge in [-0.25, -0.2) is 4.98 Å². The van der Waals surface area contributed by atoms with Crippen LogP contribution in [0.4, 0.5) is 5.69 Å². The van der Waals surface area contributed by atoms with E-state index in [0.29, 0.717) is 22.3 Å². The zero-order chi connectivity index (χ0) is 24.9. The smallest absolute Gasteiger partial charge is 0.243 e. The van der Waals surface area contributed by atoms with Gasteiger partial charge in [-0.15, -0.1) is 0 Å². The van der Waals surface area contributed by atoms with Crippen molar-refractivity contribution in [2.45, 2.75) is 56.9 Å². The summed E-state index contributed by atoms with van der Waals surface area (Å²) < 4.78 is 12.5. The van der Waals surface area contributed by atoms with E-state index in [1.165, 1.54) is 11.8 Å². The number of thioether (sulfide) groups is 1. The number of nitrogens with one attached hydrogen (secondary N) is 1. The van der Waals surface area contributed by atoms with Gasteiger partial charge in [-0.3, -0.25) is 9.59 Å². The Kier molecular flexibility index (Phi) is 7.85. The minimum absolute atomic E-state index is 0.0875. The van der Waals surface area contributed by atoms with Crippen LogP contribution in [-0.4, -0.2) is 58.3 Å². The largest absolute Gasteiger partial charge is 0.493 e. The van der Waals surface area contributed by atoms with Crippen molar-refractivity contribution in [2.24, 2.45) is 0 Å². The van der Waals surface area contributed by atoms with E-state index in [9.17, 15) is 9.59 Å². The Morgan fingerprint density at radius 2 is 1.77 bits per heavy atom. The van der Waals surface area contributed by atoms with Crippen LogP contribution < -0.4 is 14.8 Å². The third-order valence-electron chi connectivity index (χ3n) is 6.39. The second-order valence-corrected chi connectivity index (χ2v) is 9.75. The van der Waals surface area contributed by atoms with Gasteiger partial charge in [-0.05, 0) is 57.4 Å². The van der Waals surface area contributed by atoms with E-state index in [2.05, 4.69) is 19.2 Å². The molecular formula is C26H32N4O4S. The Morgan fingerprint density at radius 3 is 2.49 bits per heavy atom. The summed E-state index contributed by atoms with van der Waals surface area (Å²) in [6, 6.07) is 13.4. The summed E-state index contributed by atoms with van der Waals surface area (Å²) in [5, 5.41) is 3.54. The number of nitrogens with zero attached hydrogens (tertiary/aromatic N) is 3. The van der Waals surface area contributed by atoms with Crippen LogP contribution in [0.3, 0.4) is 0 Å². The van der Waals surface area contributed by atoms with Crippen LogP contribution in [0.5, 0.6) is 11.5 Å². The minimum atomic E-state index is -0.176. The van der Waals surface area contributed by atoms with Crippen LogP contribution in [0.25, 0.3) is 11.0 Å². The number of anilines is 1. The highest BCUT2D eigenvalue weighted by Crippen LogP contribution is 2.30. The van der Waals surface area contributed by atoms with Gasteiger partial charge in [0.05, 0.1) is 31.0 Å². The number of piperidine rings is 1. The summed E-state index contributed by atoms with van der Waals surface area (Å²) in [6.07, 6.45) is 3.20. The van der Waals surface area contributed by atoms with Gasteiger partial charge in [0.1, 0.15) is 6.54 Å². The van der Waals surface area contributed by atoms with Gasteiger partial charge in [0.15, 0.2) is 16.7 Å². The first-order chi connectivity index (χ1) is 16.9. The molecule has 186 valence electrons. The molecule has 0 radical (unpaired) electrons. The number of hydrogen-bond donors (Lipinski definition) is 1. The monoisotopic (exact) mass is 496 g/mol. The van der Waals surface area contributed by atoms with Crippen molar-refractivity contribution in [3.63, 3.8) is 0 Å². The molecule has 0 unspecified atom stereocenters. The molecular weight excluding hydrogens is 464 g/mol. The number of likely N-dealkylation sites (tertiary alicyclic amines) is 1. The van der Waals surface area contributed by atoms with Gasteiger partial charge in [0.2, 0.25) is 11.8 Å². The highest BCUT2D eigenvalue weighted by molar-refractivity contribution is 7.99. The van der Waals surface area contributed by atoms with Crippen LogP contribution >= 0.6 is 11.8 Å². The van der Waals surface area contributed by atoms with Crippen molar-refractivity contribution in [3.8, 4) is 11.5 Å². The minimum Gasteiger partial charge on any atom is -0.493 e. The average Bonchev–Trinajstić information content (AvgIpc) is 3.19. The van der Waals surface area contributed by atoms with E-state index in [4.69, 9.17) is 14.5 Å². The normalized spacial score (nSPS) is 17.9. The van der Waals surface area contributed by atoms with Crippen LogP contribution in [0.15, 0.2) is 47.6 Å². The number of benzene rings is 2. The van der Waals surface area contributed by atoms with Crippen molar-refractivity contribution < 1.29 is 19.1 Å². The van der Waals surface area contributed by atoms with Gasteiger partial charge < -0.3 is 24.3 Å². The van der Waals surface area contributed by atoms with E-state index in [1.54, 1.807) is 32.4 Å². The Labute approximate surface area is 210 Å². The number of methoxy groups -OCH3 is 2. The lowest BCUT2D eigenvalue weighted by molar-refractivity contribution is -0.138. The molecule has 8 nitrogen and oxygen atoms in total. The molecule has 0 spiro atoms. The molecule has 2 atom stereocenters. The predicted molar refractivity (Wildman–Crippen MR) is 138 cm³/mol. The summed E-state index contributed by atoms with van der Waals surface area (Å²) >= 11 is 1.32. The summed E-state index contributed by atoms with van der Waals surface area (Å²) in [4.78, 5) is 32.8. The molecule has 35 heavy (non-hydrogen) atoms. The second kappa shape index (κ2) is 11.0. The van der Waals surface area contributed by atoms with Crippen molar-refractivity contribution in [2.75, 3.05) is 25.3 Å². The standard InChI is InChI=1S/C26H32N4O4S/c1-17-8-7-9-18(2)30(17)25(32)15-29-21-11-6-5-10-20(21)28-26(29)35-16-24(31)27-19-12-13-22(33-3)23(14-19)34-4/h5-6,10-14,17-18H,7-9,15-16H2,1-4H3,(H,27,31)/t17-,18+. The summed E-state index contributed by atoms with van der Waals surface area (Å²) in [7, 11) is 3.12. The van der Waals surface area contributed by atoms with Crippen molar-refractivity contribution in [1.82, 2.24) is 14.5 Å². The van der Waals surface area contributed by atoms with E-state index in [-0.39, 0.29) is 36.2 Å². The summed E-state index contributed by atoms with van der Waals surface area (Å²) in [5.41, 5.74) is 2.31.